The predicted octanol–water partition coefficient (Wildman–Crippen LogP) is 3.17. The highest BCUT2D eigenvalue weighted by molar-refractivity contribution is 7.89. The molecule has 38 heavy (non-hydrogen) atoms. The van der Waals surface area contributed by atoms with E-state index in [-0.39, 0.29) is 0 Å². The van der Waals surface area contributed by atoms with Gasteiger partial charge in [-0.15, -0.1) is 0 Å². The van der Waals surface area contributed by atoms with E-state index in [0.717, 1.165) is 29.3 Å². The Morgan fingerprint density at radius 2 is 1.66 bits per heavy atom. The van der Waals surface area contributed by atoms with E-state index in [2.05, 4.69) is 5.10 Å². The van der Waals surface area contributed by atoms with E-state index >= 15 is 0 Å². The van der Waals surface area contributed by atoms with Crippen LogP contribution >= 0.6 is 0 Å². The molecule has 0 spiro atoms. The fourth-order valence-electron chi connectivity index (χ4n) is 3.86. The van der Waals surface area contributed by atoms with Crippen LogP contribution in [0.15, 0.2) is 82.8 Å². The number of methoxy groups -OCH3 is 1. The van der Waals surface area contributed by atoms with Gasteiger partial charge in [0.15, 0.2) is 11.5 Å². The first-order valence-corrected chi connectivity index (χ1v) is 12.9. The third-order valence-corrected chi connectivity index (χ3v) is 7.18. The molecular formula is C26H23F2N3O6S. The molecule has 0 aromatic heterocycles. The maximum absolute atomic E-state index is 13.8. The average Bonchev–Trinajstić information content (AvgIpc) is 3.37. The lowest BCUT2D eigenvalue weighted by Crippen LogP contribution is -2.35. The Kier molecular flexibility index (Phi) is 8.13. The monoisotopic (exact) mass is 543 g/mol. The molecule has 0 saturated carbocycles. The second-order valence-electron chi connectivity index (χ2n) is 8.18. The van der Waals surface area contributed by atoms with Gasteiger partial charge in [0.05, 0.1) is 18.9 Å². The highest BCUT2D eigenvalue weighted by Gasteiger charge is 2.33. The molecule has 4 rings (SSSR count). The second kappa shape index (κ2) is 11.5. The number of hydrogen-bond donors (Lipinski definition) is 1. The minimum Gasteiger partial charge on any atom is -0.497 e. The van der Waals surface area contributed by atoms with E-state index in [9.17, 15) is 26.8 Å². The van der Waals surface area contributed by atoms with Crippen LogP contribution < -0.4 is 9.46 Å². The summed E-state index contributed by atoms with van der Waals surface area (Å²) in [6.45, 7) is -1.67. The number of hydrazone groups is 1. The van der Waals surface area contributed by atoms with Gasteiger partial charge in [-0.3, -0.25) is 9.59 Å². The van der Waals surface area contributed by atoms with Crippen LogP contribution in [-0.4, -0.2) is 51.3 Å². The topological polar surface area (TPSA) is 114 Å². The zero-order valence-electron chi connectivity index (χ0n) is 20.1. The molecule has 3 aromatic carbocycles. The molecule has 1 aliphatic rings. The number of carbonyl (C=O) groups is 2. The summed E-state index contributed by atoms with van der Waals surface area (Å²) in [6.07, 6.45) is 0.407. The molecule has 0 aliphatic carbocycles. The number of halogens is 2. The molecule has 0 radical (unpaired) electrons. The molecule has 1 atom stereocenters. The van der Waals surface area contributed by atoms with Gasteiger partial charge in [0.25, 0.3) is 5.91 Å². The number of amides is 1. The van der Waals surface area contributed by atoms with Crippen molar-refractivity contribution in [3.63, 3.8) is 0 Å². The summed E-state index contributed by atoms with van der Waals surface area (Å²) in [5.41, 5.74) is 2.26. The molecule has 9 nitrogen and oxygen atoms in total. The fraction of sp³-hybridized carbons (Fsp3) is 0.192. The van der Waals surface area contributed by atoms with E-state index in [1.165, 1.54) is 12.1 Å². The van der Waals surface area contributed by atoms with Crippen LogP contribution in [0, 0.1) is 11.6 Å². The zero-order chi connectivity index (χ0) is 27.3. The number of ether oxygens (including phenoxy) is 2. The highest BCUT2D eigenvalue weighted by atomic mass is 32.2. The molecule has 198 valence electrons. The zero-order valence-corrected chi connectivity index (χ0v) is 21.0. The van der Waals surface area contributed by atoms with Gasteiger partial charge >= 0.3 is 5.97 Å². The van der Waals surface area contributed by atoms with Crippen LogP contribution in [0.4, 0.5) is 8.78 Å². The van der Waals surface area contributed by atoms with Gasteiger partial charge in [0.1, 0.15) is 23.9 Å². The van der Waals surface area contributed by atoms with Crippen molar-refractivity contribution in [2.24, 2.45) is 5.10 Å². The predicted molar refractivity (Wildman–Crippen MR) is 133 cm³/mol. The molecule has 1 heterocycles. The van der Waals surface area contributed by atoms with E-state index in [4.69, 9.17) is 9.47 Å². The Morgan fingerprint density at radius 1 is 1.00 bits per heavy atom. The van der Waals surface area contributed by atoms with Crippen molar-refractivity contribution < 1.29 is 36.3 Å². The van der Waals surface area contributed by atoms with E-state index < -0.39 is 57.6 Å². The largest absolute Gasteiger partial charge is 0.497 e. The molecule has 0 fully saturated rings. The Balaban J connectivity index is 1.43. The Morgan fingerprint density at radius 3 is 2.29 bits per heavy atom. The molecule has 1 aliphatic heterocycles. The Bertz CT molecular complexity index is 1440. The quantitative estimate of drug-likeness (QED) is 0.415. The summed E-state index contributed by atoms with van der Waals surface area (Å²) in [4.78, 5) is 24.0. The molecular weight excluding hydrogens is 520 g/mol. The second-order valence-corrected chi connectivity index (χ2v) is 9.88. The lowest BCUT2D eigenvalue weighted by atomic mass is 9.98. The van der Waals surface area contributed by atoms with Gasteiger partial charge in [0, 0.05) is 6.42 Å². The van der Waals surface area contributed by atoms with Crippen LogP contribution in [0.2, 0.25) is 0 Å². The first-order chi connectivity index (χ1) is 18.2. The fourth-order valence-corrected chi connectivity index (χ4v) is 4.96. The van der Waals surface area contributed by atoms with Crippen molar-refractivity contribution in [2.45, 2.75) is 17.4 Å². The third-order valence-electron chi connectivity index (χ3n) is 5.72. The van der Waals surface area contributed by atoms with Gasteiger partial charge in [-0.05, 0) is 35.4 Å². The Labute approximate surface area is 217 Å². The number of benzene rings is 3. The maximum Gasteiger partial charge on any atom is 0.321 e. The SMILES string of the molecule is COc1ccc([C@H]2CC(c3ccccc3)=NN2C(=O)COC(=O)CNS(=O)(=O)c2c(F)cccc2F)cc1. The summed E-state index contributed by atoms with van der Waals surface area (Å²) in [5.74, 6) is -3.75. The van der Waals surface area contributed by atoms with Crippen molar-refractivity contribution in [3.8, 4) is 5.75 Å². The normalized spacial score (nSPS) is 15.2. The average molecular weight is 544 g/mol. The van der Waals surface area contributed by atoms with E-state index in [1.54, 1.807) is 29.0 Å². The smallest absolute Gasteiger partial charge is 0.321 e. The van der Waals surface area contributed by atoms with Crippen molar-refractivity contribution in [2.75, 3.05) is 20.3 Å². The van der Waals surface area contributed by atoms with Crippen LogP contribution in [0.3, 0.4) is 0 Å². The van der Waals surface area contributed by atoms with Crippen LogP contribution in [-0.2, 0) is 24.3 Å². The summed E-state index contributed by atoms with van der Waals surface area (Å²) in [5, 5.41) is 5.68. The molecule has 12 heteroatoms. The minimum atomic E-state index is -4.69. The maximum atomic E-state index is 13.8. The lowest BCUT2D eigenvalue weighted by molar-refractivity contribution is -0.151. The van der Waals surface area contributed by atoms with Gasteiger partial charge in [-0.2, -0.15) is 9.82 Å². The molecule has 3 aromatic rings. The summed E-state index contributed by atoms with van der Waals surface area (Å²) >= 11 is 0. The number of sulfonamides is 1. The van der Waals surface area contributed by atoms with Crippen LogP contribution in [0.1, 0.15) is 23.6 Å². The van der Waals surface area contributed by atoms with Crippen molar-refractivity contribution in [3.05, 3.63) is 95.6 Å². The third kappa shape index (κ3) is 6.03. The summed E-state index contributed by atoms with van der Waals surface area (Å²) in [7, 11) is -3.15. The van der Waals surface area contributed by atoms with Gasteiger partial charge in [0.2, 0.25) is 10.0 Å². The van der Waals surface area contributed by atoms with Crippen LogP contribution in [0.5, 0.6) is 5.75 Å². The van der Waals surface area contributed by atoms with Crippen molar-refractivity contribution >= 4 is 27.6 Å². The van der Waals surface area contributed by atoms with Crippen molar-refractivity contribution in [1.82, 2.24) is 9.73 Å². The molecule has 0 bridgehead atoms. The number of hydrogen-bond acceptors (Lipinski definition) is 7. The summed E-state index contributed by atoms with van der Waals surface area (Å²) in [6, 6.07) is 18.5. The Hall–Kier alpha value is -4.16. The van der Waals surface area contributed by atoms with Gasteiger partial charge in [-0.1, -0.05) is 48.5 Å². The molecule has 1 amide bonds. The van der Waals surface area contributed by atoms with E-state index in [1.807, 2.05) is 30.3 Å². The van der Waals surface area contributed by atoms with Gasteiger partial charge in [-0.25, -0.2) is 22.2 Å². The van der Waals surface area contributed by atoms with Crippen molar-refractivity contribution in [1.29, 1.82) is 0 Å². The number of esters is 1. The van der Waals surface area contributed by atoms with Crippen LogP contribution in [0.25, 0.3) is 0 Å². The van der Waals surface area contributed by atoms with E-state index in [0.29, 0.717) is 17.9 Å². The number of carbonyl (C=O) groups excluding carboxylic acids is 2. The first kappa shape index (κ1) is 26.9. The molecule has 1 N–H and O–H groups in total. The lowest BCUT2D eigenvalue weighted by Gasteiger charge is -2.22. The number of nitrogens with zero attached hydrogens (tertiary/aromatic N) is 2. The highest BCUT2D eigenvalue weighted by Crippen LogP contribution is 2.33. The standard InChI is InChI=1S/C26H23F2N3O6S/c1-36-19-12-10-18(11-13-19)23-14-22(17-6-3-2-4-7-17)30-31(23)24(32)16-37-25(33)15-29-38(34,35)26-20(27)8-5-9-21(26)28/h2-13,23,29H,14-16H2,1H3/t23-/m1/s1. The number of rotatable bonds is 9. The summed E-state index contributed by atoms with van der Waals surface area (Å²) < 4.78 is 64.0. The van der Waals surface area contributed by atoms with Gasteiger partial charge < -0.3 is 9.47 Å². The molecule has 0 saturated heterocycles. The first-order valence-electron chi connectivity index (χ1n) is 11.4. The number of nitrogens with one attached hydrogen (secondary N) is 1. The minimum absolute atomic E-state index is 0.407. The molecule has 0 unspecified atom stereocenters.